The van der Waals surface area contributed by atoms with Gasteiger partial charge in [-0.15, -0.1) is 0 Å². The third-order valence-corrected chi connectivity index (χ3v) is 9.09. The first-order chi connectivity index (χ1) is 23.6. The topological polar surface area (TPSA) is 202 Å². The van der Waals surface area contributed by atoms with Crippen molar-refractivity contribution in [2.45, 2.75) is 75.9 Å². The predicted molar refractivity (Wildman–Crippen MR) is 173 cm³/mol. The van der Waals surface area contributed by atoms with Gasteiger partial charge in [0.2, 0.25) is 17.7 Å². The van der Waals surface area contributed by atoms with Gasteiger partial charge in [0.05, 0.1) is 12.3 Å². The van der Waals surface area contributed by atoms with E-state index in [1.54, 1.807) is 37.3 Å². The monoisotopic (exact) mass is 681 g/mol. The Bertz CT molecular complexity index is 1530. The number of hydrogen-bond acceptors (Lipinski definition) is 9. The van der Waals surface area contributed by atoms with Gasteiger partial charge in [0.25, 0.3) is 11.8 Å². The van der Waals surface area contributed by atoms with Gasteiger partial charge >= 0.3 is 12.1 Å². The number of nitrogens with zero attached hydrogens (tertiary/aromatic N) is 4. The first-order valence-corrected chi connectivity index (χ1v) is 16.7. The highest BCUT2D eigenvalue weighted by molar-refractivity contribution is 5.97. The number of ether oxygens (including phenoxy) is 2. The zero-order valence-corrected chi connectivity index (χ0v) is 27.5. The Balaban J connectivity index is 1.26. The summed E-state index contributed by atoms with van der Waals surface area (Å²) in [7, 11) is 0. The third kappa shape index (κ3) is 8.66. The van der Waals surface area contributed by atoms with Gasteiger partial charge < -0.3 is 40.3 Å². The highest BCUT2D eigenvalue weighted by Gasteiger charge is 2.46. The molecule has 3 aliphatic rings. The Hall–Kier alpha value is -5.15. The normalized spacial score (nSPS) is 17.5. The van der Waals surface area contributed by atoms with E-state index in [0.29, 0.717) is 18.5 Å². The second-order valence-electron chi connectivity index (χ2n) is 12.5. The van der Waals surface area contributed by atoms with Crippen LogP contribution in [0.4, 0.5) is 4.79 Å². The largest absolute Gasteiger partial charge is 0.481 e. The van der Waals surface area contributed by atoms with E-state index in [9.17, 15) is 33.9 Å². The van der Waals surface area contributed by atoms with Crippen LogP contribution < -0.4 is 20.7 Å². The maximum atomic E-state index is 13.5. The number of aromatic nitrogens is 2. The second kappa shape index (κ2) is 15.8. The van der Waals surface area contributed by atoms with Crippen LogP contribution >= 0.6 is 0 Å². The molecule has 0 bridgehead atoms. The van der Waals surface area contributed by atoms with E-state index in [1.165, 1.54) is 20.5 Å². The van der Waals surface area contributed by atoms with Crippen molar-refractivity contribution in [1.29, 1.82) is 0 Å². The number of para-hydroxylation sites is 1. The zero-order valence-electron chi connectivity index (χ0n) is 27.5. The Morgan fingerprint density at radius 3 is 2.29 bits per heavy atom. The van der Waals surface area contributed by atoms with Crippen molar-refractivity contribution >= 4 is 35.7 Å². The van der Waals surface area contributed by atoms with Crippen LogP contribution in [0.25, 0.3) is 5.69 Å². The zero-order chi connectivity index (χ0) is 35.0. The van der Waals surface area contributed by atoms with Gasteiger partial charge in [-0.2, -0.15) is 5.10 Å². The summed E-state index contributed by atoms with van der Waals surface area (Å²) in [5, 5.41) is 22.2. The van der Waals surface area contributed by atoms with E-state index in [-0.39, 0.29) is 69.2 Å². The molecule has 0 radical (unpaired) electrons. The molecule has 4 N–H and O–H groups in total. The molecule has 49 heavy (non-hydrogen) atoms. The molecule has 1 aliphatic heterocycles. The molecule has 2 aliphatic carbocycles. The van der Waals surface area contributed by atoms with Crippen molar-refractivity contribution in [2.24, 2.45) is 0 Å². The maximum Gasteiger partial charge on any atom is 0.409 e. The number of benzene rings is 1. The number of carbonyl (C=O) groups is 6. The fourth-order valence-electron chi connectivity index (χ4n) is 5.89. The maximum absolute atomic E-state index is 13.5. The molecule has 1 saturated heterocycles. The minimum Gasteiger partial charge on any atom is -0.481 e. The van der Waals surface area contributed by atoms with Crippen LogP contribution in [-0.2, 0) is 23.9 Å². The lowest BCUT2D eigenvalue weighted by Gasteiger charge is -2.42. The average molecular weight is 682 g/mol. The molecule has 2 aromatic rings. The van der Waals surface area contributed by atoms with E-state index in [4.69, 9.17) is 9.47 Å². The molecule has 5 rings (SSSR count). The fraction of sp³-hybridized carbons (Fsp3) is 0.545. The summed E-state index contributed by atoms with van der Waals surface area (Å²) in [6, 6.07) is 9.06. The third-order valence-electron chi connectivity index (χ3n) is 9.09. The van der Waals surface area contributed by atoms with Crippen molar-refractivity contribution < 1.29 is 43.3 Å². The van der Waals surface area contributed by atoms with E-state index >= 15 is 0 Å². The van der Waals surface area contributed by atoms with Crippen molar-refractivity contribution in [1.82, 2.24) is 35.5 Å². The van der Waals surface area contributed by atoms with Gasteiger partial charge in [0, 0.05) is 44.7 Å². The van der Waals surface area contributed by atoms with Crippen LogP contribution in [0.1, 0.15) is 68.8 Å². The fourth-order valence-corrected chi connectivity index (χ4v) is 5.89. The summed E-state index contributed by atoms with van der Waals surface area (Å²) in [5.41, 5.74) is -0.566. The summed E-state index contributed by atoms with van der Waals surface area (Å²) >= 11 is 0. The Morgan fingerprint density at radius 1 is 1.00 bits per heavy atom. The first kappa shape index (κ1) is 35.2. The van der Waals surface area contributed by atoms with Crippen LogP contribution in [0.5, 0.6) is 5.88 Å². The number of piperazine rings is 1. The van der Waals surface area contributed by atoms with Crippen molar-refractivity contribution in [3.8, 4) is 11.6 Å². The van der Waals surface area contributed by atoms with Gasteiger partial charge in [-0.05, 0) is 64.0 Å². The lowest BCUT2D eigenvalue weighted by Crippen LogP contribution is -2.65. The number of hydrogen-bond donors (Lipinski definition) is 4. The van der Waals surface area contributed by atoms with Crippen LogP contribution in [-0.4, -0.2) is 117 Å². The van der Waals surface area contributed by atoms with Crippen LogP contribution in [0, 0.1) is 0 Å². The summed E-state index contributed by atoms with van der Waals surface area (Å²) in [6.45, 7) is 2.30. The van der Waals surface area contributed by atoms with Crippen LogP contribution in [0.2, 0.25) is 0 Å². The molecule has 16 nitrogen and oxygen atoms in total. The van der Waals surface area contributed by atoms with Crippen LogP contribution in [0.3, 0.4) is 0 Å². The highest BCUT2D eigenvalue weighted by atomic mass is 16.6. The molecule has 2 saturated carbocycles. The number of amides is 5. The molecule has 1 aromatic heterocycles. The standard InChI is InChI=1S/C33H43N7O9/c1-2-48-32(47)39-18-16-38(17-19-39)30(45)24(12-13-28(42)43)35-29(44)25-20-27(40(37-25)23-10-4-3-5-11-23)49-21-26(41)36-33(14-7-15-33)31(46)34-22-8-6-9-22/h3-5,10-11,20,22,24H,2,6-9,12-19,21H2,1H3,(H,34,46)(H,35,44)(H,36,41)(H,42,43)/t24-/m0/s1. The van der Waals surface area contributed by atoms with E-state index in [1.807, 2.05) is 0 Å². The summed E-state index contributed by atoms with van der Waals surface area (Å²) < 4.78 is 12.2. The molecular formula is C33H43N7O9. The molecule has 1 atom stereocenters. The van der Waals surface area contributed by atoms with Gasteiger partial charge in [0.15, 0.2) is 12.3 Å². The number of nitrogens with one attached hydrogen (secondary N) is 3. The molecule has 3 fully saturated rings. The van der Waals surface area contributed by atoms with Crippen molar-refractivity contribution in [2.75, 3.05) is 39.4 Å². The van der Waals surface area contributed by atoms with Crippen LogP contribution in [0.15, 0.2) is 36.4 Å². The van der Waals surface area contributed by atoms with Gasteiger partial charge in [-0.1, -0.05) is 18.2 Å². The van der Waals surface area contributed by atoms with Crippen molar-refractivity contribution in [3.63, 3.8) is 0 Å². The number of carbonyl (C=O) groups excluding carboxylic acids is 5. The first-order valence-electron chi connectivity index (χ1n) is 16.7. The molecule has 0 spiro atoms. The summed E-state index contributed by atoms with van der Waals surface area (Å²) in [5.74, 6) is -2.99. The minimum absolute atomic E-state index is 0.0663. The molecule has 16 heteroatoms. The van der Waals surface area contributed by atoms with Crippen molar-refractivity contribution in [3.05, 3.63) is 42.1 Å². The van der Waals surface area contributed by atoms with Gasteiger partial charge in [-0.3, -0.25) is 24.0 Å². The summed E-state index contributed by atoms with van der Waals surface area (Å²) in [6.07, 6.45) is 3.80. The van der Waals surface area contributed by atoms with Gasteiger partial charge in [0.1, 0.15) is 11.6 Å². The Labute approximate surface area is 283 Å². The average Bonchev–Trinajstić information content (AvgIpc) is 3.50. The van der Waals surface area contributed by atoms with E-state index in [2.05, 4.69) is 21.0 Å². The quantitative estimate of drug-likeness (QED) is 0.225. The molecule has 0 unspecified atom stereocenters. The SMILES string of the molecule is CCOC(=O)N1CCN(C(=O)[C@H](CCC(=O)O)NC(=O)c2cc(OCC(=O)NC3(C(=O)NC4CCC4)CCC3)n(-c3ccccc3)n2)CC1. The number of carboxylic acids is 1. The lowest BCUT2D eigenvalue weighted by atomic mass is 9.75. The van der Waals surface area contributed by atoms with E-state index in [0.717, 1.165) is 25.7 Å². The lowest BCUT2D eigenvalue weighted by molar-refractivity contribution is -0.139. The molecule has 1 aromatic carbocycles. The smallest absolute Gasteiger partial charge is 0.409 e. The number of carboxylic acid groups (broad SMARTS) is 1. The van der Waals surface area contributed by atoms with E-state index < -0.39 is 48.0 Å². The number of aliphatic carboxylic acids is 1. The molecule has 264 valence electrons. The highest BCUT2D eigenvalue weighted by Crippen LogP contribution is 2.33. The summed E-state index contributed by atoms with van der Waals surface area (Å²) in [4.78, 5) is 79.4. The Morgan fingerprint density at radius 2 is 1.69 bits per heavy atom. The predicted octanol–water partition coefficient (Wildman–Crippen LogP) is 1.22. The minimum atomic E-state index is -1.18. The Kier molecular flexibility index (Phi) is 11.4. The molecule has 2 heterocycles. The number of rotatable bonds is 14. The second-order valence-corrected chi connectivity index (χ2v) is 12.5. The molecule has 5 amide bonds. The van der Waals surface area contributed by atoms with Gasteiger partial charge in [-0.25, -0.2) is 9.48 Å². The molecular weight excluding hydrogens is 638 g/mol.